The van der Waals surface area contributed by atoms with E-state index >= 15 is 0 Å². The van der Waals surface area contributed by atoms with Gasteiger partial charge >= 0.3 is 0 Å². The van der Waals surface area contributed by atoms with Crippen LogP contribution in [0.1, 0.15) is 0 Å². The third-order valence-electron chi connectivity index (χ3n) is 10.9. The first-order chi connectivity index (χ1) is 27.3. The molecule has 0 saturated heterocycles. The SMILES string of the molecule is c1ccc(-c2ccccc2N(c2ccc(-c3cccc4c3oc3ccccc34)cc2)c2ccc(-c3cccc4ccc5c6ccccc6oc5c34)cc2)cc1. The number of hydrogen-bond acceptors (Lipinski definition) is 3. The summed E-state index contributed by atoms with van der Waals surface area (Å²) in [5.74, 6) is 0. The molecule has 0 N–H and O–H groups in total. The minimum Gasteiger partial charge on any atom is -0.455 e. The molecule has 11 rings (SSSR count). The van der Waals surface area contributed by atoms with Gasteiger partial charge in [0.25, 0.3) is 0 Å². The van der Waals surface area contributed by atoms with Crippen molar-refractivity contribution in [1.82, 2.24) is 0 Å². The summed E-state index contributed by atoms with van der Waals surface area (Å²) < 4.78 is 12.9. The minimum atomic E-state index is 0.902. The molecular weight excluding hydrogens is 671 g/mol. The highest BCUT2D eigenvalue weighted by Gasteiger charge is 2.19. The first-order valence-corrected chi connectivity index (χ1v) is 18.7. The van der Waals surface area contributed by atoms with Crippen LogP contribution in [-0.2, 0) is 0 Å². The van der Waals surface area contributed by atoms with E-state index in [-0.39, 0.29) is 0 Å². The Bertz CT molecular complexity index is 3190. The van der Waals surface area contributed by atoms with Crippen molar-refractivity contribution < 1.29 is 8.83 Å². The Hall–Kier alpha value is -7.36. The summed E-state index contributed by atoms with van der Waals surface area (Å²) in [6.45, 7) is 0. The maximum absolute atomic E-state index is 6.53. The van der Waals surface area contributed by atoms with Crippen LogP contribution < -0.4 is 4.90 Å². The van der Waals surface area contributed by atoms with Crippen LogP contribution in [0.3, 0.4) is 0 Å². The highest BCUT2D eigenvalue weighted by Crippen LogP contribution is 2.44. The van der Waals surface area contributed by atoms with E-state index in [9.17, 15) is 0 Å². The van der Waals surface area contributed by atoms with E-state index in [2.05, 4.69) is 181 Å². The maximum Gasteiger partial charge on any atom is 0.143 e. The third kappa shape index (κ3) is 5.13. The molecule has 2 heterocycles. The molecule has 0 atom stereocenters. The first-order valence-electron chi connectivity index (χ1n) is 18.7. The molecule has 0 aliphatic carbocycles. The van der Waals surface area contributed by atoms with Crippen molar-refractivity contribution in [2.75, 3.05) is 4.90 Å². The molecule has 0 aliphatic heterocycles. The lowest BCUT2D eigenvalue weighted by Crippen LogP contribution is -2.11. The van der Waals surface area contributed by atoms with Crippen molar-refractivity contribution in [1.29, 1.82) is 0 Å². The first kappa shape index (κ1) is 31.2. The Morgan fingerprint density at radius 1 is 0.309 bits per heavy atom. The van der Waals surface area contributed by atoms with Gasteiger partial charge in [-0.1, -0.05) is 152 Å². The van der Waals surface area contributed by atoms with E-state index < -0.39 is 0 Å². The fourth-order valence-electron chi connectivity index (χ4n) is 8.31. The third-order valence-corrected chi connectivity index (χ3v) is 10.9. The van der Waals surface area contributed by atoms with Crippen molar-refractivity contribution in [3.63, 3.8) is 0 Å². The number of furan rings is 2. The number of fused-ring (bicyclic) bond motifs is 8. The number of nitrogens with zero attached hydrogens (tertiary/aromatic N) is 1. The summed E-state index contributed by atoms with van der Waals surface area (Å²) >= 11 is 0. The molecule has 258 valence electrons. The number of hydrogen-bond donors (Lipinski definition) is 0. The van der Waals surface area contributed by atoms with E-state index in [1.807, 2.05) is 24.3 Å². The Balaban J connectivity index is 1.05. The van der Waals surface area contributed by atoms with Gasteiger partial charge in [-0.25, -0.2) is 0 Å². The van der Waals surface area contributed by atoms with Gasteiger partial charge in [0, 0.05) is 49.4 Å². The van der Waals surface area contributed by atoms with Gasteiger partial charge in [0.1, 0.15) is 22.3 Å². The molecule has 0 unspecified atom stereocenters. The highest BCUT2D eigenvalue weighted by molar-refractivity contribution is 6.19. The van der Waals surface area contributed by atoms with Crippen LogP contribution in [0.4, 0.5) is 17.1 Å². The average Bonchev–Trinajstić information content (AvgIpc) is 3.84. The zero-order valence-electron chi connectivity index (χ0n) is 29.8. The molecule has 0 amide bonds. The quantitative estimate of drug-likeness (QED) is 0.173. The summed E-state index contributed by atoms with van der Waals surface area (Å²) in [5, 5.41) is 6.82. The second-order valence-electron chi connectivity index (χ2n) is 14.0. The molecule has 0 aliphatic rings. The molecule has 0 fully saturated rings. The smallest absolute Gasteiger partial charge is 0.143 e. The molecule has 3 heteroatoms. The molecule has 9 aromatic carbocycles. The monoisotopic (exact) mass is 703 g/mol. The van der Waals surface area contributed by atoms with E-state index in [1.165, 1.54) is 5.56 Å². The molecule has 0 saturated carbocycles. The van der Waals surface area contributed by atoms with Crippen LogP contribution in [-0.4, -0.2) is 0 Å². The molecule has 3 nitrogen and oxygen atoms in total. The van der Waals surface area contributed by atoms with Gasteiger partial charge in [-0.3, -0.25) is 0 Å². The van der Waals surface area contributed by atoms with Crippen LogP contribution in [0.15, 0.2) is 209 Å². The van der Waals surface area contributed by atoms with Crippen molar-refractivity contribution in [3.05, 3.63) is 200 Å². The number of anilines is 3. The standard InChI is InChI=1S/C52H33NO2/c1-2-12-34(13-3-1)40-15-4-7-21-47(40)53(39-31-26-36(27-32-39)42-19-11-20-45-43-16-5-8-22-48(43)54-51(42)45)38-29-24-35(25-30-38)41-18-10-14-37-28-33-46-44-17-6-9-23-49(44)55-52(46)50(37)41/h1-33H. The lowest BCUT2D eigenvalue weighted by atomic mass is 9.96. The topological polar surface area (TPSA) is 29.5 Å². The lowest BCUT2D eigenvalue weighted by Gasteiger charge is -2.28. The molecular formula is C52H33NO2. The zero-order valence-corrected chi connectivity index (χ0v) is 29.8. The number of benzene rings is 9. The highest BCUT2D eigenvalue weighted by atomic mass is 16.3. The average molecular weight is 704 g/mol. The molecule has 0 spiro atoms. The Kier molecular flexibility index (Phi) is 7.17. The lowest BCUT2D eigenvalue weighted by molar-refractivity contribution is 0.670. The van der Waals surface area contributed by atoms with Crippen LogP contribution >= 0.6 is 0 Å². The normalized spacial score (nSPS) is 11.6. The summed E-state index contributed by atoms with van der Waals surface area (Å²) in [5.41, 5.74) is 13.7. The summed E-state index contributed by atoms with van der Waals surface area (Å²) in [7, 11) is 0. The van der Waals surface area contributed by atoms with Gasteiger partial charge in [0.15, 0.2) is 0 Å². The van der Waals surface area contributed by atoms with Crippen LogP contribution in [0.25, 0.3) is 88.0 Å². The van der Waals surface area contributed by atoms with Crippen molar-refractivity contribution in [2.24, 2.45) is 0 Å². The fourth-order valence-corrected chi connectivity index (χ4v) is 8.31. The van der Waals surface area contributed by atoms with Crippen LogP contribution in [0.5, 0.6) is 0 Å². The second-order valence-corrected chi connectivity index (χ2v) is 14.0. The number of para-hydroxylation sites is 4. The molecule has 2 aromatic heterocycles. The molecule has 55 heavy (non-hydrogen) atoms. The fraction of sp³-hybridized carbons (Fsp3) is 0. The minimum absolute atomic E-state index is 0.902. The Morgan fingerprint density at radius 3 is 1.55 bits per heavy atom. The van der Waals surface area contributed by atoms with Gasteiger partial charge in [-0.05, 0) is 76.2 Å². The Morgan fingerprint density at radius 2 is 0.818 bits per heavy atom. The van der Waals surface area contributed by atoms with Crippen molar-refractivity contribution >= 4 is 71.7 Å². The largest absolute Gasteiger partial charge is 0.455 e. The molecule has 0 radical (unpaired) electrons. The maximum atomic E-state index is 6.53. The van der Waals surface area contributed by atoms with E-state index in [1.54, 1.807) is 0 Å². The molecule has 11 aromatic rings. The van der Waals surface area contributed by atoms with Gasteiger partial charge < -0.3 is 13.7 Å². The van der Waals surface area contributed by atoms with E-state index in [0.717, 1.165) is 99.5 Å². The zero-order chi connectivity index (χ0) is 36.3. The van der Waals surface area contributed by atoms with Gasteiger partial charge in [-0.2, -0.15) is 0 Å². The van der Waals surface area contributed by atoms with Gasteiger partial charge in [0.2, 0.25) is 0 Å². The van der Waals surface area contributed by atoms with E-state index in [0.29, 0.717) is 0 Å². The molecule has 0 bridgehead atoms. The summed E-state index contributed by atoms with van der Waals surface area (Å²) in [4.78, 5) is 2.36. The van der Waals surface area contributed by atoms with Crippen molar-refractivity contribution in [3.8, 4) is 33.4 Å². The van der Waals surface area contributed by atoms with E-state index in [4.69, 9.17) is 8.83 Å². The van der Waals surface area contributed by atoms with Crippen LogP contribution in [0, 0.1) is 0 Å². The second kappa shape index (κ2) is 12.6. The van der Waals surface area contributed by atoms with Gasteiger partial charge in [-0.15, -0.1) is 0 Å². The Labute approximate surface area is 317 Å². The van der Waals surface area contributed by atoms with Crippen molar-refractivity contribution in [2.45, 2.75) is 0 Å². The van der Waals surface area contributed by atoms with Gasteiger partial charge in [0.05, 0.1) is 5.69 Å². The summed E-state index contributed by atoms with van der Waals surface area (Å²) in [6.07, 6.45) is 0. The number of rotatable bonds is 6. The predicted octanol–water partition coefficient (Wildman–Crippen LogP) is 15.1. The van der Waals surface area contributed by atoms with Crippen LogP contribution in [0.2, 0.25) is 0 Å². The summed E-state index contributed by atoms with van der Waals surface area (Å²) in [6, 6.07) is 70.9. The predicted molar refractivity (Wildman–Crippen MR) is 229 cm³/mol.